The van der Waals surface area contributed by atoms with Gasteiger partial charge in [-0.2, -0.15) is 0 Å². The minimum Gasteiger partial charge on any atom is -0.502 e. The van der Waals surface area contributed by atoms with Crippen LogP contribution in [0.3, 0.4) is 0 Å². The maximum atomic E-state index is 9.64. The molecule has 0 N–H and O–H groups in total. The highest BCUT2D eigenvalue weighted by atomic mass is 16.5. The van der Waals surface area contributed by atoms with E-state index < -0.39 is 0 Å². The Kier molecular flexibility index (Phi) is 5.11. The van der Waals surface area contributed by atoms with E-state index in [1.807, 2.05) is 6.92 Å². The molecular weight excluding hydrogens is 92.1 g/mol. The third kappa shape index (κ3) is 5.50. The van der Waals surface area contributed by atoms with Crippen molar-refractivity contribution in [1.29, 1.82) is 0 Å². The summed E-state index contributed by atoms with van der Waals surface area (Å²) in [5, 5.41) is 9.64. The van der Waals surface area contributed by atoms with Crippen molar-refractivity contribution in [2.24, 2.45) is 0 Å². The Hall–Kier alpha value is -0.500. The van der Waals surface area contributed by atoms with Crippen molar-refractivity contribution in [2.75, 3.05) is 13.2 Å². The highest BCUT2D eigenvalue weighted by molar-refractivity contribution is 4.70. The molecule has 0 rings (SSSR count). The van der Waals surface area contributed by atoms with Gasteiger partial charge in [0.2, 0.25) is 0 Å². The lowest BCUT2D eigenvalue weighted by Crippen LogP contribution is -1.77. The van der Waals surface area contributed by atoms with Crippen molar-refractivity contribution in [3.8, 4) is 0 Å². The molecule has 0 amide bonds. The molecule has 2 heteroatoms. The van der Waals surface area contributed by atoms with Gasteiger partial charge in [-0.1, -0.05) is 0 Å². The van der Waals surface area contributed by atoms with Crippen LogP contribution in [0, 0.1) is 0 Å². The molecule has 0 saturated heterocycles. The highest BCUT2D eigenvalue weighted by Gasteiger charge is 1.66. The molecule has 0 aliphatic carbocycles. The number of rotatable bonds is 3. The molecule has 0 aromatic heterocycles. The third-order valence-corrected chi connectivity index (χ3v) is 0.455. The molecule has 0 saturated carbocycles. The lowest BCUT2D eigenvalue weighted by molar-refractivity contribution is 0.221. The van der Waals surface area contributed by atoms with Gasteiger partial charge >= 0.3 is 0 Å². The molecular formula is C5H9O2. The maximum absolute atomic E-state index is 9.64. The smallest absolute Gasteiger partial charge is 0.104 e. The van der Waals surface area contributed by atoms with Gasteiger partial charge in [0, 0.05) is 0 Å². The summed E-state index contributed by atoms with van der Waals surface area (Å²) in [6.45, 7) is 2.31. The fourth-order valence-corrected chi connectivity index (χ4v) is 0.204. The molecule has 0 aromatic rings. The summed E-state index contributed by atoms with van der Waals surface area (Å²) in [5.74, 6) is 0. The monoisotopic (exact) mass is 101 g/mol. The largest absolute Gasteiger partial charge is 0.502 e. The third-order valence-electron chi connectivity index (χ3n) is 0.455. The summed E-state index contributed by atoms with van der Waals surface area (Å²) in [7, 11) is 0. The summed E-state index contributed by atoms with van der Waals surface area (Å²) in [4.78, 5) is 0. The van der Waals surface area contributed by atoms with E-state index in [2.05, 4.69) is 0 Å². The van der Waals surface area contributed by atoms with Crippen LogP contribution in [0.25, 0.3) is 0 Å². The van der Waals surface area contributed by atoms with Crippen LogP contribution in [0.15, 0.2) is 12.3 Å². The van der Waals surface area contributed by atoms with E-state index in [1.165, 1.54) is 12.3 Å². The molecule has 1 radical (unpaired) electrons. The average Bonchev–Trinajstić information content (AvgIpc) is 1.69. The highest BCUT2D eigenvalue weighted by Crippen LogP contribution is 1.73. The average molecular weight is 101 g/mol. The van der Waals surface area contributed by atoms with Crippen LogP contribution in [0.4, 0.5) is 0 Å². The molecule has 0 atom stereocenters. The van der Waals surface area contributed by atoms with Gasteiger partial charge in [0.15, 0.2) is 0 Å². The molecule has 41 valence electrons. The zero-order chi connectivity index (χ0) is 5.54. The second-order valence-corrected chi connectivity index (χ2v) is 0.994. The minimum absolute atomic E-state index is 0.194. The van der Waals surface area contributed by atoms with Crippen molar-refractivity contribution in [1.82, 2.24) is 0 Å². The van der Waals surface area contributed by atoms with Crippen LogP contribution >= 0.6 is 0 Å². The number of hydrogen-bond acceptors (Lipinski definition) is 1. The van der Waals surface area contributed by atoms with E-state index in [1.54, 1.807) is 0 Å². The van der Waals surface area contributed by atoms with Gasteiger partial charge in [0.25, 0.3) is 0 Å². The summed E-state index contributed by atoms with van der Waals surface area (Å²) in [5.41, 5.74) is 0. The first-order chi connectivity index (χ1) is 3.41. The first kappa shape index (κ1) is 6.50. The molecule has 7 heavy (non-hydrogen) atoms. The van der Waals surface area contributed by atoms with E-state index in [-0.39, 0.29) is 6.61 Å². The van der Waals surface area contributed by atoms with E-state index in [0.717, 1.165) is 0 Å². The predicted octanol–water partition coefficient (Wildman–Crippen LogP) is 0.967. The second kappa shape index (κ2) is 5.50. The molecule has 0 aromatic carbocycles. The van der Waals surface area contributed by atoms with Crippen LogP contribution in [0.5, 0.6) is 0 Å². The SMILES string of the molecule is CCO/C=C/C[O]. The molecule has 0 fully saturated rings. The van der Waals surface area contributed by atoms with E-state index >= 15 is 0 Å². The van der Waals surface area contributed by atoms with Crippen LogP contribution < -0.4 is 0 Å². The Balaban J connectivity index is 2.78. The topological polar surface area (TPSA) is 29.1 Å². The van der Waals surface area contributed by atoms with Crippen molar-refractivity contribution < 1.29 is 9.84 Å². The zero-order valence-electron chi connectivity index (χ0n) is 4.39. The first-order valence-electron chi connectivity index (χ1n) is 2.26. The number of ether oxygens (including phenoxy) is 1. The van der Waals surface area contributed by atoms with E-state index in [0.29, 0.717) is 6.61 Å². The summed E-state index contributed by atoms with van der Waals surface area (Å²) < 4.78 is 4.69. The Labute approximate surface area is 43.4 Å². The maximum Gasteiger partial charge on any atom is 0.104 e. The van der Waals surface area contributed by atoms with Gasteiger partial charge in [-0.05, 0) is 13.0 Å². The van der Waals surface area contributed by atoms with Crippen LogP contribution in [0.1, 0.15) is 6.92 Å². The normalized spacial score (nSPS) is 10.0. The van der Waals surface area contributed by atoms with Gasteiger partial charge in [0.1, 0.15) is 6.61 Å². The molecule has 2 nitrogen and oxygen atoms in total. The predicted molar refractivity (Wildman–Crippen MR) is 26.3 cm³/mol. The van der Waals surface area contributed by atoms with Gasteiger partial charge in [0.05, 0.1) is 12.9 Å². The Morgan fingerprint density at radius 3 is 2.86 bits per heavy atom. The standard InChI is InChI=1S/C5H9O2/c1-2-7-5-3-4-6/h3,5H,2,4H2,1H3/b5-3+. The molecule has 0 spiro atoms. The fourth-order valence-electron chi connectivity index (χ4n) is 0.204. The van der Waals surface area contributed by atoms with Crippen LogP contribution in [-0.4, -0.2) is 13.2 Å². The quantitative estimate of drug-likeness (QED) is 0.487. The van der Waals surface area contributed by atoms with E-state index in [4.69, 9.17) is 4.74 Å². The molecule has 0 bridgehead atoms. The molecule has 0 aliphatic heterocycles. The van der Waals surface area contributed by atoms with Crippen molar-refractivity contribution in [2.45, 2.75) is 6.92 Å². The lowest BCUT2D eigenvalue weighted by atomic mass is 10.7. The fraction of sp³-hybridized carbons (Fsp3) is 0.600. The van der Waals surface area contributed by atoms with Crippen molar-refractivity contribution in [3.05, 3.63) is 12.3 Å². The van der Waals surface area contributed by atoms with Gasteiger partial charge in [-0.25, -0.2) is 5.11 Å². The van der Waals surface area contributed by atoms with Crippen molar-refractivity contribution in [3.63, 3.8) is 0 Å². The minimum atomic E-state index is -0.194. The number of hydrogen-bond donors (Lipinski definition) is 0. The molecule has 0 aliphatic rings. The first-order valence-corrected chi connectivity index (χ1v) is 2.26. The Morgan fingerprint density at radius 1 is 1.71 bits per heavy atom. The van der Waals surface area contributed by atoms with E-state index in [9.17, 15) is 5.11 Å². The Morgan fingerprint density at radius 2 is 2.43 bits per heavy atom. The summed E-state index contributed by atoms with van der Waals surface area (Å²) in [6, 6.07) is 0. The zero-order valence-corrected chi connectivity index (χ0v) is 4.39. The second-order valence-electron chi connectivity index (χ2n) is 0.994. The molecule has 0 heterocycles. The summed E-state index contributed by atoms with van der Waals surface area (Å²) in [6.07, 6.45) is 2.86. The van der Waals surface area contributed by atoms with Gasteiger partial charge < -0.3 is 4.74 Å². The van der Waals surface area contributed by atoms with Crippen LogP contribution in [0.2, 0.25) is 0 Å². The van der Waals surface area contributed by atoms with Gasteiger partial charge in [-0.3, -0.25) is 0 Å². The Bertz CT molecular complexity index is 50.0. The summed E-state index contributed by atoms with van der Waals surface area (Å²) >= 11 is 0. The lowest BCUT2D eigenvalue weighted by Gasteiger charge is -1.87. The van der Waals surface area contributed by atoms with Gasteiger partial charge in [-0.15, -0.1) is 0 Å². The van der Waals surface area contributed by atoms with Crippen LogP contribution in [-0.2, 0) is 9.84 Å². The molecule has 0 unspecified atom stereocenters. The van der Waals surface area contributed by atoms with Crippen molar-refractivity contribution >= 4 is 0 Å².